The summed E-state index contributed by atoms with van der Waals surface area (Å²) >= 11 is 0. The van der Waals surface area contributed by atoms with Crippen LogP contribution < -0.4 is 15.8 Å². The molecule has 0 atom stereocenters. The first-order chi connectivity index (χ1) is 14.2. The highest BCUT2D eigenvalue weighted by Crippen LogP contribution is 2.31. The molecule has 2 amide bonds. The third-order valence-electron chi connectivity index (χ3n) is 4.90. The minimum Gasteiger partial charge on any atom is -0.494 e. The van der Waals surface area contributed by atoms with Crippen molar-refractivity contribution in [1.29, 1.82) is 0 Å². The summed E-state index contributed by atoms with van der Waals surface area (Å²) in [5, 5.41) is 7.24. The summed E-state index contributed by atoms with van der Waals surface area (Å²) in [5.41, 5.74) is 8.22. The summed E-state index contributed by atoms with van der Waals surface area (Å²) in [6, 6.07) is 4.95. The number of hydrogen-bond donors (Lipinski definition) is 2. The van der Waals surface area contributed by atoms with Crippen LogP contribution in [0.4, 0.5) is 5.95 Å². The van der Waals surface area contributed by atoms with Crippen LogP contribution in [-0.2, 0) is 13.1 Å². The molecule has 9 nitrogen and oxygen atoms in total. The van der Waals surface area contributed by atoms with Crippen molar-refractivity contribution in [3.63, 3.8) is 0 Å². The first-order valence-corrected chi connectivity index (χ1v) is 9.99. The van der Waals surface area contributed by atoms with Crippen LogP contribution >= 0.6 is 0 Å². The van der Waals surface area contributed by atoms with E-state index >= 15 is 0 Å². The molecule has 3 aromatic rings. The fourth-order valence-corrected chi connectivity index (χ4v) is 3.36. The highest BCUT2D eigenvalue weighted by atomic mass is 16.5. The molecule has 3 N–H and O–H groups in total. The number of ether oxygens (including phenoxy) is 1. The highest BCUT2D eigenvalue weighted by molar-refractivity contribution is 6.04. The van der Waals surface area contributed by atoms with Gasteiger partial charge in [0.25, 0.3) is 5.91 Å². The molecule has 9 heteroatoms. The van der Waals surface area contributed by atoms with Crippen molar-refractivity contribution < 1.29 is 14.3 Å². The first kappa shape index (κ1) is 21.4. The van der Waals surface area contributed by atoms with Gasteiger partial charge in [0.2, 0.25) is 11.9 Å². The van der Waals surface area contributed by atoms with E-state index in [1.54, 1.807) is 22.9 Å². The van der Waals surface area contributed by atoms with Crippen LogP contribution in [0.2, 0.25) is 0 Å². The predicted molar refractivity (Wildman–Crippen MR) is 115 cm³/mol. The van der Waals surface area contributed by atoms with Gasteiger partial charge in [-0.1, -0.05) is 13.8 Å². The summed E-state index contributed by atoms with van der Waals surface area (Å²) < 4.78 is 9.08. The molecule has 2 aromatic heterocycles. The molecule has 30 heavy (non-hydrogen) atoms. The minimum absolute atomic E-state index is 0.297. The molecule has 0 spiro atoms. The number of rotatable bonds is 8. The molecular weight excluding hydrogens is 384 g/mol. The van der Waals surface area contributed by atoms with Crippen molar-refractivity contribution >= 4 is 28.8 Å². The molecule has 160 valence electrons. The lowest BCUT2D eigenvalue weighted by molar-refractivity contribution is 0.0995. The first-order valence-electron chi connectivity index (χ1n) is 9.99. The number of imidazole rings is 1. The number of nitrogens with one attached hydrogen (secondary N) is 1. The maximum atomic E-state index is 13.0. The maximum absolute atomic E-state index is 13.0. The van der Waals surface area contributed by atoms with Gasteiger partial charge in [-0.25, -0.2) is 4.98 Å². The summed E-state index contributed by atoms with van der Waals surface area (Å²) in [4.78, 5) is 29.3. The van der Waals surface area contributed by atoms with E-state index in [1.807, 2.05) is 18.4 Å². The Bertz CT molecular complexity index is 1100. The Kier molecular flexibility index (Phi) is 6.09. The van der Waals surface area contributed by atoms with E-state index in [9.17, 15) is 9.59 Å². The van der Waals surface area contributed by atoms with Crippen LogP contribution in [0, 0.1) is 12.8 Å². The monoisotopic (exact) mass is 412 g/mol. The summed E-state index contributed by atoms with van der Waals surface area (Å²) in [5.74, 6) is 0.447. The Morgan fingerprint density at radius 2 is 2.00 bits per heavy atom. The summed E-state index contributed by atoms with van der Waals surface area (Å²) in [7, 11) is 1.53. The van der Waals surface area contributed by atoms with E-state index in [2.05, 4.69) is 29.2 Å². The predicted octanol–water partition coefficient (Wildman–Crippen LogP) is 2.97. The van der Waals surface area contributed by atoms with Gasteiger partial charge in [-0.2, -0.15) is 5.10 Å². The number of fused-ring (bicyclic) bond motifs is 1. The quantitative estimate of drug-likeness (QED) is 0.590. The number of nitrogens with two attached hydrogens (primary N) is 1. The van der Waals surface area contributed by atoms with Gasteiger partial charge in [-0.05, 0) is 44.4 Å². The number of aromatic nitrogens is 4. The molecule has 0 saturated heterocycles. The number of nitrogens with zero attached hydrogens (tertiary/aromatic N) is 4. The fraction of sp³-hybridized carbons (Fsp3) is 0.429. The molecule has 2 heterocycles. The second kappa shape index (κ2) is 8.56. The largest absolute Gasteiger partial charge is 0.494 e. The Hall–Kier alpha value is -3.36. The van der Waals surface area contributed by atoms with Crippen molar-refractivity contribution in [2.45, 2.75) is 47.2 Å². The molecule has 0 fully saturated rings. The third-order valence-corrected chi connectivity index (χ3v) is 4.90. The molecule has 1 aromatic carbocycles. The van der Waals surface area contributed by atoms with E-state index in [1.165, 1.54) is 7.11 Å². The van der Waals surface area contributed by atoms with E-state index < -0.39 is 5.91 Å². The third kappa shape index (κ3) is 4.14. The van der Waals surface area contributed by atoms with Crippen LogP contribution in [0.3, 0.4) is 0 Å². The molecule has 3 rings (SSSR count). The number of anilines is 1. The Morgan fingerprint density at radius 1 is 1.27 bits per heavy atom. The zero-order valence-electron chi connectivity index (χ0n) is 18.0. The lowest BCUT2D eigenvalue weighted by Gasteiger charge is -2.13. The average molecular weight is 412 g/mol. The van der Waals surface area contributed by atoms with Crippen molar-refractivity contribution in [3.8, 4) is 5.75 Å². The Balaban J connectivity index is 2.10. The normalized spacial score (nSPS) is 11.3. The Labute approximate surface area is 175 Å². The number of amides is 2. The SMILES string of the molecule is CCn1nc(C)cc1C(=O)Nc1nc2cc(C(N)=O)cc(OC)c2n1CCC(C)C. The zero-order chi connectivity index (χ0) is 22.0. The van der Waals surface area contributed by atoms with Gasteiger partial charge in [0.15, 0.2) is 0 Å². The number of carbonyl (C=O) groups excluding carboxylic acids is 2. The van der Waals surface area contributed by atoms with Gasteiger partial charge in [-0.15, -0.1) is 0 Å². The Morgan fingerprint density at radius 3 is 2.60 bits per heavy atom. The van der Waals surface area contributed by atoms with Gasteiger partial charge in [0.05, 0.1) is 18.3 Å². The molecule has 0 aliphatic rings. The van der Waals surface area contributed by atoms with Crippen molar-refractivity contribution in [3.05, 3.63) is 35.2 Å². The van der Waals surface area contributed by atoms with E-state index in [0.717, 1.165) is 12.1 Å². The van der Waals surface area contributed by atoms with Gasteiger partial charge < -0.3 is 15.0 Å². The smallest absolute Gasteiger partial charge is 0.276 e. The standard InChI is InChI=1S/C21H28N6O3/c1-6-27-16(9-13(4)25-27)20(29)24-21-23-15-10-14(19(22)28)11-17(30-5)18(15)26(21)8-7-12(2)3/h9-12H,6-8H2,1-5H3,(H2,22,28)(H,23,24,29). The molecular formula is C21H28N6O3. The van der Waals surface area contributed by atoms with Crippen LogP contribution in [0.25, 0.3) is 11.0 Å². The second-order valence-electron chi connectivity index (χ2n) is 7.62. The minimum atomic E-state index is -0.570. The van der Waals surface area contributed by atoms with Crippen LogP contribution in [0.5, 0.6) is 5.75 Å². The average Bonchev–Trinajstić information content (AvgIpc) is 3.24. The number of methoxy groups -OCH3 is 1. The number of benzene rings is 1. The highest BCUT2D eigenvalue weighted by Gasteiger charge is 2.21. The maximum Gasteiger partial charge on any atom is 0.276 e. The number of primary amides is 1. The van der Waals surface area contributed by atoms with Crippen LogP contribution in [-0.4, -0.2) is 38.3 Å². The van der Waals surface area contributed by atoms with Gasteiger partial charge in [-0.3, -0.25) is 19.6 Å². The van der Waals surface area contributed by atoms with Crippen LogP contribution in [0.15, 0.2) is 18.2 Å². The number of aryl methyl sites for hydroxylation is 3. The van der Waals surface area contributed by atoms with E-state index in [0.29, 0.717) is 53.0 Å². The number of hydrogen-bond acceptors (Lipinski definition) is 5. The summed E-state index contributed by atoms with van der Waals surface area (Å²) in [6.07, 6.45) is 0.876. The second-order valence-corrected chi connectivity index (χ2v) is 7.62. The van der Waals surface area contributed by atoms with E-state index in [4.69, 9.17) is 10.5 Å². The molecule has 0 aliphatic heterocycles. The van der Waals surface area contributed by atoms with Gasteiger partial charge in [0, 0.05) is 18.7 Å². The lowest BCUT2D eigenvalue weighted by atomic mass is 10.1. The molecule has 0 unspecified atom stereocenters. The molecule has 0 aliphatic carbocycles. The molecule has 0 radical (unpaired) electrons. The van der Waals surface area contributed by atoms with Crippen LogP contribution in [0.1, 0.15) is 53.7 Å². The van der Waals surface area contributed by atoms with Crippen molar-refractivity contribution in [2.24, 2.45) is 11.7 Å². The molecule has 0 bridgehead atoms. The lowest BCUT2D eigenvalue weighted by Crippen LogP contribution is -2.20. The van der Waals surface area contributed by atoms with Gasteiger partial charge >= 0.3 is 0 Å². The van der Waals surface area contributed by atoms with Gasteiger partial charge in [0.1, 0.15) is 17.0 Å². The number of carbonyl (C=O) groups is 2. The zero-order valence-corrected chi connectivity index (χ0v) is 18.0. The summed E-state index contributed by atoms with van der Waals surface area (Å²) in [6.45, 7) is 9.23. The topological polar surface area (TPSA) is 117 Å². The van der Waals surface area contributed by atoms with Crippen molar-refractivity contribution in [2.75, 3.05) is 12.4 Å². The fourth-order valence-electron chi connectivity index (χ4n) is 3.36. The molecule has 0 saturated carbocycles. The van der Waals surface area contributed by atoms with Crippen molar-refractivity contribution in [1.82, 2.24) is 19.3 Å². The van der Waals surface area contributed by atoms with E-state index in [-0.39, 0.29) is 5.91 Å².